The first kappa shape index (κ1) is 31.0. The summed E-state index contributed by atoms with van der Waals surface area (Å²) in [6.07, 6.45) is 1.47. The highest BCUT2D eigenvalue weighted by Crippen LogP contribution is 2.22. The first-order valence-electron chi connectivity index (χ1n) is 14.2. The molecule has 1 fully saturated rings. The third-order valence-electron chi connectivity index (χ3n) is 7.41. The van der Waals surface area contributed by atoms with Crippen molar-refractivity contribution >= 4 is 29.7 Å². The number of hydrogen-bond acceptors (Lipinski definition) is 5. The third-order valence-corrected chi connectivity index (χ3v) is 7.41. The molecule has 1 aliphatic rings. The summed E-state index contributed by atoms with van der Waals surface area (Å²) in [6.45, 7) is 2.22. The third kappa shape index (κ3) is 8.51. The lowest BCUT2D eigenvalue weighted by atomic mass is 9.97. The molecule has 4 N–H and O–H groups in total. The van der Waals surface area contributed by atoms with Crippen LogP contribution in [-0.4, -0.2) is 63.4 Å². The normalized spacial score (nSPS) is 15.7. The number of nitrogens with one attached hydrogen (secondary N) is 2. The summed E-state index contributed by atoms with van der Waals surface area (Å²) in [5, 5.41) is 24.1. The van der Waals surface area contributed by atoms with E-state index in [-0.39, 0.29) is 23.5 Å². The average Bonchev–Trinajstić information content (AvgIpc) is 3.14. The Morgan fingerprint density at radius 3 is 2.23 bits per heavy atom. The Morgan fingerprint density at radius 2 is 1.58 bits per heavy atom. The number of nitrogens with zero attached hydrogens (tertiary/aromatic N) is 1. The van der Waals surface area contributed by atoms with Gasteiger partial charge in [-0.25, -0.2) is 4.79 Å². The van der Waals surface area contributed by atoms with Crippen molar-refractivity contribution in [1.29, 1.82) is 0 Å². The second-order valence-corrected chi connectivity index (χ2v) is 10.7. The number of rotatable bonds is 11. The molecule has 3 aromatic rings. The van der Waals surface area contributed by atoms with E-state index < -0.39 is 42.3 Å². The lowest BCUT2D eigenvalue weighted by Crippen LogP contribution is -2.54. The Morgan fingerprint density at radius 1 is 0.907 bits per heavy atom. The molecule has 0 radical (unpaired) electrons. The van der Waals surface area contributed by atoms with Crippen molar-refractivity contribution in [2.75, 3.05) is 6.54 Å². The summed E-state index contributed by atoms with van der Waals surface area (Å²) >= 11 is 0. The number of hydrogen-bond donors (Lipinski definition) is 4. The van der Waals surface area contributed by atoms with Crippen LogP contribution in [0, 0.1) is 0 Å². The van der Waals surface area contributed by atoms with Gasteiger partial charge >= 0.3 is 11.9 Å². The molecule has 2 atom stereocenters. The van der Waals surface area contributed by atoms with Gasteiger partial charge in [0.25, 0.3) is 0 Å². The highest BCUT2D eigenvalue weighted by atomic mass is 16.4. The van der Waals surface area contributed by atoms with Crippen molar-refractivity contribution < 1.29 is 34.2 Å². The Bertz CT molecular complexity index is 1490. The number of carbonyl (C=O) groups is 5. The van der Waals surface area contributed by atoms with E-state index in [1.165, 1.54) is 25.1 Å². The molecule has 224 valence electrons. The van der Waals surface area contributed by atoms with Gasteiger partial charge in [0.05, 0.1) is 12.0 Å². The van der Waals surface area contributed by atoms with E-state index in [0.29, 0.717) is 25.1 Å². The van der Waals surface area contributed by atoms with Gasteiger partial charge in [0.1, 0.15) is 12.1 Å². The summed E-state index contributed by atoms with van der Waals surface area (Å²) in [5.41, 5.74) is 3.51. The van der Waals surface area contributed by atoms with Gasteiger partial charge in [0.2, 0.25) is 17.7 Å². The van der Waals surface area contributed by atoms with Crippen molar-refractivity contribution in [2.45, 2.75) is 57.7 Å². The summed E-state index contributed by atoms with van der Waals surface area (Å²) in [7, 11) is 0. The van der Waals surface area contributed by atoms with Crippen LogP contribution >= 0.6 is 0 Å². The molecule has 3 amide bonds. The largest absolute Gasteiger partial charge is 0.481 e. The highest BCUT2D eigenvalue weighted by molar-refractivity contribution is 5.93. The standard InChI is InChI=1S/C33H35N3O7/c1-21(37)34-29(18-23-12-15-26(19-30(38)39)27(17-23)33(42)43)31(40)35-28-9-5-6-16-36(32(28)41)20-22-10-13-25(14-11-22)24-7-3-2-4-8-24/h2-4,7-8,10-15,17,28-29H,5-6,9,16,18-20H2,1H3,(H,34,37)(H,35,40)(H,38,39)(H,42,43)/t28-,29?/m0/s1. The van der Waals surface area contributed by atoms with Crippen LogP contribution in [0.5, 0.6) is 0 Å². The van der Waals surface area contributed by atoms with Crippen molar-refractivity contribution in [2.24, 2.45) is 0 Å². The quantitative estimate of drug-likeness (QED) is 0.269. The molecule has 0 aromatic heterocycles. The van der Waals surface area contributed by atoms with Crippen molar-refractivity contribution in [3.63, 3.8) is 0 Å². The lowest BCUT2D eigenvalue weighted by molar-refractivity contribution is -0.137. The van der Waals surface area contributed by atoms with Gasteiger partial charge in [-0.1, -0.05) is 66.7 Å². The van der Waals surface area contributed by atoms with Gasteiger partial charge in [-0.2, -0.15) is 0 Å². The number of carboxylic acids is 2. The molecule has 0 spiro atoms. The average molecular weight is 586 g/mol. The van der Waals surface area contributed by atoms with Gasteiger partial charge in [-0.15, -0.1) is 0 Å². The number of carbonyl (C=O) groups excluding carboxylic acids is 3. The predicted octanol–water partition coefficient (Wildman–Crippen LogP) is 3.42. The molecule has 1 unspecified atom stereocenters. The van der Waals surface area contributed by atoms with Gasteiger partial charge in [-0.05, 0) is 53.1 Å². The fourth-order valence-electron chi connectivity index (χ4n) is 5.28. The van der Waals surface area contributed by atoms with E-state index in [1.807, 2.05) is 54.6 Å². The first-order valence-corrected chi connectivity index (χ1v) is 14.2. The van der Waals surface area contributed by atoms with Crippen LogP contribution in [0.25, 0.3) is 11.1 Å². The smallest absolute Gasteiger partial charge is 0.335 e. The minimum atomic E-state index is -1.29. The monoisotopic (exact) mass is 585 g/mol. The number of amides is 3. The molecule has 4 rings (SSSR count). The molecule has 1 aliphatic heterocycles. The zero-order chi connectivity index (χ0) is 30.9. The maximum absolute atomic E-state index is 13.5. The molecular weight excluding hydrogens is 550 g/mol. The van der Waals surface area contributed by atoms with Gasteiger partial charge < -0.3 is 25.7 Å². The van der Waals surface area contributed by atoms with Crippen LogP contribution in [0.4, 0.5) is 0 Å². The maximum atomic E-state index is 13.5. The summed E-state index contributed by atoms with van der Waals surface area (Å²) in [6, 6.07) is 20.4. The van der Waals surface area contributed by atoms with Crippen molar-refractivity contribution in [1.82, 2.24) is 15.5 Å². The van der Waals surface area contributed by atoms with Crippen LogP contribution in [0.1, 0.15) is 53.2 Å². The van der Waals surface area contributed by atoms with Crippen LogP contribution in [0.15, 0.2) is 72.8 Å². The number of carboxylic acid groups (broad SMARTS) is 2. The van der Waals surface area contributed by atoms with Crippen molar-refractivity contribution in [3.8, 4) is 11.1 Å². The Hall–Kier alpha value is -4.99. The zero-order valence-corrected chi connectivity index (χ0v) is 23.9. The molecule has 0 saturated carbocycles. The minimum Gasteiger partial charge on any atom is -0.481 e. The van der Waals surface area contributed by atoms with E-state index in [1.54, 1.807) is 4.90 Å². The maximum Gasteiger partial charge on any atom is 0.335 e. The molecular formula is C33H35N3O7. The highest BCUT2D eigenvalue weighted by Gasteiger charge is 2.31. The molecule has 10 heteroatoms. The zero-order valence-electron chi connectivity index (χ0n) is 23.9. The van der Waals surface area contributed by atoms with Crippen LogP contribution in [0.2, 0.25) is 0 Å². The lowest BCUT2D eigenvalue weighted by Gasteiger charge is -2.27. The number of aliphatic carboxylic acids is 1. The van der Waals surface area contributed by atoms with Gasteiger partial charge in [-0.3, -0.25) is 19.2 Å². The van der Waals surface area contributed by atoms with Crippen LogP contribution < -0.4 is 10.6 Å². The topological polar surface area (TPSA) is 153 Å². The second kappa shape index (κ2) is 14.3. The molecule has 1 saturated heterocycles. The second-order valence-electron chi connectivity index (χ2n) is 10.7. The predicted molar refractivity (Wildman–Crippen MR) is 159 cm³/mol. The number of aromatic carboxylic acids is 1. The number of benzene rings is 3. The first-order chi connectivity index (χ1) is 20.6. The van der Waals surface area contributed by atoms with Gasteiger partial charge in [0, 0.05) is 26.4 Å². The molecule has 0 aliphatic carbocycles. The van der Waals surface area contributed by atoms with E-state index in [9.17, 15) is 29.1 Å². The van der Waals surface area contributed by atoms with Crippen molar-refractivity contribution in [3.05, 3.63) is 95.1 Å². The molecule has 0 bridgehead atoms. The Labute approximate surface area is 249 Å². The molecule has 10 nitrogen and oxygen atoms in total. The summed E-state index contributed by atoms with van der Waals surface area (Å²) < 4.78 is 0. The molecule has 1 heterocycles. The van der Waals surface area contributed by atoms with E-state index >= 15 is 0 Å². The fourth-order valence-corrected chi connectivity index (χ4v) is 5.28. The van der Waals surface area contributed by atoms with E-state index in [4.69, 9.17) is 5.11 Å². The summed E-state index contributed by atoms with van der Waals surface area (Å²) in [5.74, 6) is -3.69. The molecule has 3 aromatic carbocycles. The van der Waals surface area contributed by atoms with E-state index in [2.05, 4.69) is 10.6 Å². The van der Waals surface area contributed by atoms with Gasteiger partial charge in [0.15, 0.2) is 0 Å². The van der Waals surface area contributed by atoms with Crippen LogP contribution in [-0.2, 0) is 38.6 Å². The van der Waals surface area contributed by atoms with Crippen LogP contribution in [0.3, 0.4) is 0 Å². The Balaban J connectivity index is 1.45. The minimum absolute atomic E-state index is 0.0442. The number of likely N-dealkylation sites (tertiary alicyclic amines) is 1. The van der Waals surface area contributed by atoms with E-state index in [0.717, 1.165) is 29.5 Å². The Kier molecular flexibility index (Phi) is 10.3. The summed E-state index contributed by atoms with van der Waals surface area (Å²) in [4.78, 5) is 63.5. The SMILES string of the molecule is CC(=O)NC(Cc1ccc(CC(=O)O)c(C(=O)O)c1)C(=O)N[C@H]1CCCCN(Cc2ccc(-c3ccccc3)cc2)C1=O. The molecule has 43 heavy (non-hydrogen) atoms. The fraction of sp³-hybridized carbons (Fsp3) is 0.303.